The normalized spacial score (nSPS) is 21.0. The van der Waals surface area contributed by atoms with Crippen LogP contribution < -0.4 is 0 Å². The van der Waals surface area contributed by atoms with Crippen LogP contribution in [0.5, 0.6) is 0 Å². The lowest BCUT2D eigenvalue weighted by Crippen LogP contribution is -2.44. The molecule has 0 spiro atoms. The van der Waals surface area contributed by atoms with E-state index in [2.05, 4.69) is 10.00 Å². The van der Waals surface area contributed by atoms with Gasteiger partial charge in [-0.05, 0) is 70.4 Å². The molecule has 1 aromatic heterocycles. The minimum absolute atomic E-state index is 0.0148. The summed E-state index contributed by atoms with van der Waals surface area (Å²) in [5, 5.41) is 4.41. The number of hydrogen-bond donors (Lipinski definition) is 0. The second-order valence-corrected chi connectivity index (χ2v) is 12.2. The molecular weight excluding hydrogens is 539 g/mol. The van der Waals surface area contributed by atoms with Crippen LogP contribution in [0.1, 0.15) is 68.0 Å². The van der Waals surface area contributed by atoms with Crippen LogP contribution in [-0.4, -0.2) is 57.2 Å². The summed E-state index contributed by atoms with van der Waals surface area (Å²) in [7, 11) is 0. The molecule has 2 aromatic carbocycles. The summed E-state index contributed by atoms with van der Waals surface area (Å²) in [6, 6.07) is 10.8. The third kappa shape index (κ3) is 5.89. The Bertz CT molecular complexity index is 1420. The highest BCUT2D eigenvalue weighted by atomic mass is 19.4. The molecule has 2 aliphatic rings. The molecule has 10 heteroatoms. The van der Waals surface area contributed by atoms with Crippen LogP contribution in [-0.2, 0) is 11.0 Å². The fourth-order valence-corrected chi connectivity index (χ4v) is 6.25. The van der Waals surface area contributed by atoms with Gasteiger partial charge in [-0.25, -0.2) is 13.5 Å². The third-order valence-corrected chi connectivity index (χ3v) is 8.47. The van der Waals surface area contributed by atoms with Crippen LogP contribution in [0.25, 0.3) is 5.69 Å². The quantitative estimate of drug-likeness (QED) is 0.326. The van der Waals surface area contributed by atoms with Crippen LogP contribution in [0.4, 0.5) is 22.0 Å². The summed E-state index contributed by atoms with van der Waals surface area (Å²) >= 11 is 0. The number of halogens is 5. The number of nitrogens with zero attached hydrogens (tertiary/aromatic N) is 4. The van der Waals surface area contributed by atoms with E-state index in [9.17, 15) is 26.7 Å². The zero-order chi connectivity index (χ0) is 29.7. The van der Waals surface area contributed by atoms with Crippen molar-refractivity contribution in [2.45, 2.75) is 64.1 Å². The van der Waals surface area contributed by atoms with E-state index in [1.54, 1.807) is 17.9 Å². The van der Waals surface area contributed by atoms with E-state index in [-0.39, 0.29) is 23.1 Å². The third-order valence-electron chi connectivity index (χ3n) is 8.47. The van der Waals surface area contributed by atoms with Gasteiger partial charge in [0.25, 0.3) is 0 Å². The number of piperidine rings is 1. The lowest BCUT2D eigenvalue weighted by molar-refractivity contribution is -0.138. The molecule has 0 N–H and O–H groups in total. The second-order valence-electron chi connectivity index (χ2n) is 12.2. The standard InChI is InChI=1S/C31H35F5N4O/c1-19-15-28(40(37-19)27-8-6-5-7-25(27)31(34,35)36)20-11-13-38(14-12-20)29(41)24-18-39(30(2,3)4)17-23(24)22-10-9-21(32)16-26(22)33/h5-10,15-16,20,23-24H,11-14,17-18H2,1-4H3. The van der Waals surface area contributed by atoms with Gasteiger partial charge >= 0.3 is 6.18 Å². The Morgan fingerprint density at radius 2 is 1.63 bits per heavy atom. The first-order valence-corrected chi connectivity index (χ1v) is 14.0. The Hall–Kier alpha value is -3.27. The summed E-state index contributed by atoms with van der Waals surface area (Å²) in [4.78, 5) is 17.8. The van der Waals surface area contributed by atoms with Gasteiger partial charge in [0.15, 0.2) is 0 Å². The molecule has 0 saturated carbocycles. The van der Waals surface area contributed by atoms with E-state index in [4.69, 9.17) is 0 Å². The van der Waals surface area contributed by atoms with E-state index in [0.717, 1.165) is 12.1 Å². The number of carbonyl (C=O) groups is 1. The number of hydrogen-bond acceptors (Lipinski definition) is 3. The molecular formula is C31H35F5N4O. The van der Waals surface area contributed by atoms with Crippen LogP contribution in [0.2, 0.25) is 0 Å². The molecule has 5 rings (SSSR count). The van der Waals surface area contributed by atoms with Crippen molar-refractivity contribution in [1.82, 2.24) is 19.6 Å². The fraction of sp³-hybridized carbons (Fsp3) is 0.484. The number of aryl methyl sites for hydroxylation is 1. The van der Waals surface area contributed by atoms with Gasteiger partial charge in [-0.3, -0.25) is 9.69 Å². The van der Waals surface area contributed by atoms with Crippen molar-refractivity contribution in [3.05, 3.63) is 82.7 Å². The molecule has 2 fully saturated rings. The van der Waals surface area contributed by atoms with Crippen molar-refractivity contribution in [3.8, 4) is 5.69 Å². The van der Waals surface area contributed by atoms with Crippen molar-refractivity contribution in [1.29, 1.82) is 0 Å². The van der Waals surface area contributed by atoms with Crippen molar-refractivity contribution in [2.24, 2.45) is 5.92 Å². The molecule has 1 amide bonds. The Kier molecular flexibility index (Phi) is 7.74. The average molecular weight is 575 g/mol. The lowest BCUT2D eigenvalue weighted by atomic mass is 9.86. The SMILES string of the molecule is Cc1cc(C2CCN(C(=O)C3CN(C(C)(C)C)CC3c3ccc(F)cc3F)CC2)n(-c2ccccc2C(F)(F)F)n1. The molecule has 2 unspecified atom stereocenters. The zero-order valence-corrected chi connectivity index (χ0v) is 23.7. The first kappa shape index (κ1) is 29.2. The van der Waals surface area contributed by atoms with Crippen LogP contribution in [0, 0.1) is 24.5 Å². The summed E-state index contributed by atoms with van der Waals surface area (Å²) < 4.78 is 71.2. The maximum atomic E-state index is 14.9. The summed E-state index contributed by atoms with van der Waals surface area (Å²) in [5.41, 5.74) is 0.652. The van der Waals surface area contributed by atoms with Crippen LogP contribution >= 0.6 is 0 Å². The van der Waals surface area contributed by atoms with E-state index in [1.807, 2.05) is 26.8 Å². The number of likely N-dealkylation sites (tertiary alicyclic amines) is 2. The largest absolute Gasteiger partial charge is 0.418 e. The van der Waals surface area contributed by atoms with Gasteiger partial charge in [0.05, 0.1) is 22.9 Å². The highest BCUT2D eigenvalue weighted by molar-refractivity contribution is 5.81. The Morgan fingerprint density at radius 1 is 0.951 bits per heavy atom. The van der Waals surface area contributed by atoms with Crippen molar-refractivity contribution >= 4 is 5.91 Å². The molecule has 0 aliphatic carbocycles. The number of alkyl halides is 3. The number of amides is 1. The lowest BCUT2D eigenvalue weighted by Gasteiger charge is -2.35. The van der Waals surface area contributed by atoms with Crippen molar-refractivity contribution in [2.75, 3.05) is 26.2 Å². The molecule has 5 nitrogen and oxygen atoms in total. The first-order valence-electron chi connectivity index (χ1n) is 14.0. The van der Waals surface area contributed by atoms with Gasteiger partial charge in [0, 0.05) is 55.3 Å². The monoisotopic (exact) mass is 574 g/mol. The van der Waals surface area contributed by atoms with Gasteiger partial charge in [0.1, 0.15) is 11.6 Å². The van der Waals surface area contributed by atoms with Crippen LogP contribution in [0.3, 0.4) is 0 Å². The second kappa shape index (κ2) is 10.9. The van der Waals surface area contributed by atoms with Gasteiger partial charge < -0.3 is 4.90 Å². The number of rotatable bonds is 4. The van der Waals surface area contributed by atoms with E-state index >= 15 is 0 Å². The number of aromatic nitrogens is 2. The van der Waals surface area contributed by atoms with Gasteiger partial charge in [-0.15, -0.1) is 0 Å². The number of carbonyl (C=O) groups excluding carboxylic acids is 1. The molecule has 220 valence electrons. The summed E-state index contributed by atoms with van der Waals surface area (Å²) in [5.74, 6) is -2.36. The maximum Gasteiger partial charge on any atom is 0.418 e. The molecule has 0 bridgehead atoms. The zero-order valence-electron chi connectivity index (χ0n) is 23.7. The predicted molar refractivity (Wildman–Crippen MR) is 146 cm³/mol. The van der Waals surface area contributed by atoms with Gasteiger partial charge in [-0.2, -0.15) is 18.3 Å². The van der Waals surface area contributed by atoms with Gasteiger partial charge in [0.2, 0.25) is 5.91 Å². The van der Waals surface area contributed by atoms with E-state index in [1.165, 1.54) is 28.9 Å². The van der Waals surface area contributed by atoms with Crippen molar-refractivity contribution < 1.29 is 26.7 Å². The van der Waals surface area contributed by atoms with E-state index < -0.39 is 35.2 Å². The van der Waals surface area contributed by atoms with Gasteiger partial charge in [-0.1, -0.05) is 18.2 Å². The smallest absolute Gasteiger partial charge is 0.342 e. The molecule has 41 heavy (non-hydrogen) atoms. The Morgan fingerprint density at radius 3 is 2.27 bits per heavy atom. The Balaban J connectivity index is 1.36. The molecule has 0 radical (unpaired) electrons. The maximum absolute atomic E-state index is 14.9. The minimum atomic E-state index is -4.52. The van der Waals surface area contributed by atoms with Crippen LogP contribution in [0.15, 0.2) is 48.5 Å². The number of benzene rings is 2. The average Bonchev–Trinajstić information content (AvgIpc) is 3.52. The summed E-state index contributed by atoms with van der Waals surface area (Å²) in [6.45, 7) is 9.70. The summed E-state index contributed by atoms with van der Waals surface area (Å²) in [6.07, 6.45) is -3.39. The van der Waals surface area contributed by atoms with E-state index in [0.29, 0.717) is 56.0 Å². The highest BCUT2D eigenvalue weighted by Crippen LogP contribution is 2.40. The van der Waals surface area contributed by atoms with Crippen molar-refractivity contribution in [3.63, 3.8) is 0 Å². The molecule has 2 atom stereocenters. The topological polar surface area (TPSA) is 41.4 Å². The highest BCUT2D eigenvalue weighted by Gasteiger charge is 2.45. The fourth-order valence-electron chi connectivity index (χ4n) is 6.25. The Labute approximate surface area is 236 Å². The minimum Gasteiger partial charge on any atom is -0.342 e. The molecule has 2 saturated heterocycles. The first-order chi connectivity index (χ1) is 19.2. The molecule has 3 heterocycles. The molecule has 2 aliphatic heterocycles. The molecule has 3 aromatic rings. The predicted octanol–water partition coefficient (Wildman–Crippen LogP) is 6.70. The number of para-hydroxylation sites is 1.